The fourth-order valence-electron chi connectivity index (χ4n) is 2.27. The fourth-order valence-corrected chi connectivity index (χ4v) is 3.68. The molecule has 0 fully saturated rings. The van der Waals surface area contributed by atoms with E-state index in [-0.39, 0.29) is 5.75 Å². The summed E-state index contributed by atoms with van der Waals surface area (Å²) in [6, 6.07) is 8.21. The van der Waals surface area contributed by atoms with Gasteiger partial charge in [0.15, 0.2) is 5.96 Å². The Balaban J connectivity index is 2.46. The van der Waals surface area contributed by atoms with E-state index in [0.717, 1.165) is 5.56 Å². The first kappa shape index (κ1) is 19.4. The second-order valence-electron chi connectivity index (χ2n) is 5.24. The largest absolute Gasteiger partial charge is 0.355 e. The number of sulfonamides is 1. The molecule has 0 amide bonds. The van der Waals surface area contributed by atoms with Crippen LogP contribution in [0.15, 0.2) is 29.3 Å². The summed E-state index contributed by atoms with van der Waals surface area (Å²) in [4.78, 5) is 4.12. The Hall–Kier alpha value is -1.60. The van der Waals surface area contributed by atoms with Crippen molar-refractivity contribution in [2.24, 2.45) is 4.99 Å². The van der Waals surface area contributed by atoms with Gasteiger partial charge >= 0.3 is 0 Å². The maximum absolute atomic E-state index is 12.1. The fraction of sp³-hybridized carbons (Fsp3) is 0.562. The number of aliphatic imine (C=N–C) groups is 1. The monoisotopic (exact) mass is 340 g/mol. The topological polar surface area (TPSA) is 73.8 Å². The molecule has 130 valence electrons. The van der Waals surface area contributed by atoms with Gasteiger partial charge in [0.05, 0.1) is 5.75 Å². The van der Waals surface area contributed by atoms with Gasteiger partial charge in [-0.1, -0.05) is 43.7 Å². The van der Waals surface area contributed by atoms with E-state index in [9.17, 15) is 8.42 Å². The molecule has 0 aliphatic rings. The van der Waals surface area contributed by atoms with Crippen LogP contribution in [0.1, 0.15) is 25.0 Å². The van der Waals surface area contributed by atoms with Gasteiger partial charge in [-0.3, -0.25) is 4.99 Å². The molecular formula is C16H28N4O2S. The lowest BCUT2D eigenvalue weighted by Crippen LogP contribution is -2.41. The molecule has 0 aliphatic carbocycles. The molecule has 0 radical (unpaired) electrons. The summed E-state index contributed by atoms with van der Waals surface area (Å²) in [5.41, 5.74) is 2.36. The van der Waals surface area contributed by atoms with E-state index in [1.165, 1.54) is 9.87 Å². The molecule has 0 saturated heterocycles. The number of nitrogens with zero attached hydrogens (tertiary/aromatic N) is 2. The van der Waals surface area contributed by atoms with Gasteiger partial charge < -0.3 is 10.6 Å². The quantitative estimate of drug-likeness (QED) is 0.553. The molecule has 0 aliphatic heterocycles. The smallest absolute Gasteiger partial charge is 0.215 e. The molecule has 7 heteroatoms. The van der Waals surface area contributed by atoms with Gasteiger partial charge in [0.1, 0.15) is 0 Å². The van der Waals surface area contributed by atoms with E-state index in [0.29, 0.717) is 32.1 Å². The molecule has 1 aromatic rings. The minimum atomic E-state index is -3.21. The van der Waals surface area contributed by atoms with Gasteiger partial charge in [0.2, 0.25) is 10.0 Å². The van der Waals surface area contributed by atoms with Crippen LogP contribution >= 0.6 is 0 Å². The van der Waals surface area contributed by atoms with Crippen molar-refractivity contribution in [2.45, 2.75) is 27.3 Å². The first-order valence-corrected chi connectivity index (χ1v) is 9.51. The number of hydrogen-bond donors (Lipinski definition) is 2. The molecule has 23 heavy (non-hydrogen) atoms. The zero-order valence-corrected chi connectivity index (χ0v) is 15.3. The summed E-state index contributed by atoms with van der Waals surface area (Å²) >= 11 is 0. The van der Waals surface area contributed by atoms with Crippen LogP contribution in [0.4, 0.5) is 0 Å². The van der Waals surface area contributed by atoms with E-state index in [4.69, 9.17) is 0 Å². The summed E-state index contributed by atoms with van der Waals surface area (Å²) in [6.07, 6.45) is 0. The summed E-state index contributed by atoms with van der Waals surface area (Å²) < 4.78 is 25.7. The zero-order valence-electron chi connectivity index (χ0n) is 14.5. The Bertz CT molecular complexity index is 610. The minimum Gasteiger partial charge on any atom is -0.355 e. The van der Waals surface area contributed by atoms with Crippen molar-refractivity contribution in [1.82, 2.24) is 14.9 Å². The summed E-state index contributed by atoms with van der Waals surface area (Å²) in [7, 11) is -1.54. The standard InChI is InChI=1S/C16H28N4O2S/c1-5-20(6-2)23(21,22)11-10-18-16(17-4)19-13-15-9-7-8-14(3)12-15/h7-9,12H,5-6,10-11,13H2,1-4H3,(H2,17,18,19). The highest BCUT2D eigenvalue weighted by Crippen LogP contribution is 2.03. The molecule has 6 nitrogen and oxygen atoms in total. The van der Waals surface area contributed by atoms with Crippen molar-refractivity contribution in [1.29, 1.82) is 0 Å². The number of hydrogen-bond acceptors (Lipinski definition) is 3. The molecule has 0 atom stereocenters. The maximum atomic E-state index is 12.1. The highest BCUT2D eigenvalue weighted by Gasteiger charge is 2.18. The van der Waals surface area contributed by atoms with E-state index < -0.39 is 10.0 Å². The second kappa shape index (κ2) is 9.52. The van der Waals surface area contributed by atoms with Crippen LogP contribution in [-0.2, 0) is 16.6 Å². The predicted molar refractivity (Wildman–Crippen MR) is 96.1 cm³/mol. The second-order valence-corrected chi connectivity index (χ2v) is 7.33. The molecule has 0 spiro atoms. The number of aryl methyl sites for hydroxylation is 1. The Morgan fingerprint density at radius 3 is 2.48 bits per heavy atom. The van der Waals surface area contributed by atoms with Gasteiger partial charge in [0.25, 0.3) is 0 Å². The van der Waals surface area contributed by atoms with Crippen LogP contribution in [0.5, 0.6) is 0 Å². The van der Waals surface area contributed by atoms with Gasteiger partial charge in [-0.2, -0.15) is 0 Å². The van der Waals surface area contributed by atoms with Crippen molar-refractivity contribution >= 4 is 16.0 Å². The Morgan fingerprint density at radius 1 is 1.22 bits per heavy atom. The van der Waals surface area contributed by atoms with Crippen LogP contribution < -0.4 is 10.6 Å². The Morgan fingerprint density at radius 2 is 1.91 bits per heavy atom. The predicted octanol–water partition coefficient (Wildman–Crippen LogP) is 1.33. The summed E-state index contributed by atoms with van der Waals surface area (Å²) in [6.45, 7) is 7.71. The van der Waals surface area contributed by atoms with Crippen molar-refractivity contribution in [3.8, 4) is 0 Å². The maximum Gasteiger partial charge on any atom is 0.215 e. The lowest BCUT2D eigenvalue weighted by atomic mass is 10.1. The first-order chi connectivity index (χ1) is 10.9. The lowest BCUT2D eigenvalue weighted by molar-refractivity contribution is 0.445. The number of rotatable bonds is 8. The third-order valence-corrected chi connectivity index (χ3v) is 5.54. The first-order valence-electron chi connectivity index (χ1n) is 7.90. The van der Waals surface area contributed by atoms with Gasteiger partial charge in [-0.15, -0.1) is 0 Å². The van der Waals surface area contributed by atoms with Crippen molar-refractivity contribution < 1.29 is 8.42 Å². The van der Waals surface area contributed by atoms with Gasteiger partial charge in [-0.05, 0) is 12.5 Å². The van der Waals surface area contributed by atoms with Crippen molar-refractivity contribution in [3.63, 3.8) is 0 Å². The lowest BCUT2D eigenvalue weighted by Gasteiger charge is -2.19. The highest BCUT2D eigenvalue weighted by atomic mass is 32.2. The van der Waals surface area contributed by atoms with Crippen LogP contribution in [0.25, 0.3) is 0 Å². The average molecular weight is 340 g/mol. The molecule has 1 aromatic carbocycles. The molecular weight excluding hydrogens is 312 g/mol. The Kier molecular flexibility index (Phi) is 8.05. The zero-order chi connectivity index (χ0) is 17.3. The minimum absolute atomic E-state index is 0.0554. The average Bonchev–Trinajstić information content (AvgIpc) is 2.51. The van der Waals surface area contributed by atoms with Gasteiger partial charge in [0, 0.05) is 33.2 Å². The molecule has 1 rings (SSSR count). The number of benzene rings is 1. The molecule has 0 bridgehead atoms. The summed E-state index contributed by atoms with van der Waals surface area (Å²) in [5, 5.41) is 6.23. The normalized spacial score (nSPS) is 12.5. The number of guanidine groups is 1. The molecule has 2 N–H and O–H groups in total. The van der Waals surface area contributed by atoms with Crippen LogP contribution in [0, 0.1) is 6.92 Å². The van der Waals surface area contributed by atoms with E-state index >= 15 is 0 Å². The van der Waals surface area contributed by atoms with Crippen LogP contribution in [0.2, 0.25) is 0 Å². The molecule has 0 aromatic heterocycles. The van der Waals surface area contributed by atoms with E-state index in [2.05, 4.69) is 34.7 Å². The van der Waals surface area contributed by atoms with Crippen molar-refractivity contribution in [3.05, 3.63) is 35.4 Å². The number of nitrogens with one attached hydrogen (secondary N) is 2. The van der Waals surface area contributed by atoms with Crippen LogP contribution in [0.3, 0.4) is 0 Å². The van der Waals surface area contributed by atoms with E-state index in [1.54, 1.807) is 7.05 Å². The van der Waals surface area contributed by atoms with Crippen molar-refractivity contribution in [2.75, 3.05) is 32.4 Å². The third kappa shape index (κ3) is 6.58. The SMILES string of the molecule is CCN(CC)S(=O)(=O)CCNC(=NC)NCc1cccc(C)c1. The summed E-state index contributed by atoms with van der Waals surface area (Å²) in [5.74, 6) is 0.654. The van der Waals surface area contributed by atoms with Crippen LogP contribution in [-0.4, -0.2) is 51.1 Å². The van der Waals surface area contributed by atoms with E-state index in [1.807, 2.05) is 26.0 Å². The molecule has 0 saturated carbocycles. The third-order valence-electron chi connectivity index (χ3n) is 3.52. The van der Waals surface area contributed by atoms with Gasteiger partial charge in [-0.25, -0.2) is 12.7 Å². The Labute approximate surface area is 140 Å². The highest BCUT2D eigenvalue weighted by molar-refractivity contribution is 7.89. The molecule has 0 heterocycles. The molecule has 0 unspecified atom stereocenters.